The average molecular weight is 281 g/mol. The summed E-state index contributed by atoms with van der Waals surface area (Å²) in [6, 6.07) is 0.603. The van der Waals surface area contributed by atoms with Crippen LogP contribution in [-0.2, 0) is 17.8 Å². The molecule has 1 aliphatic carbocycles. The van der Waals surface area contributed by atoms with Crippen molar-refractivity contribution < 1.29 is 9.26 Å². The van der Waals surface area contributed by atoms with E-state index in [4.69, 9.17) is 9.26 Å². The molecule has 0 amide bonds. The molecule has 1 aromatic heterocycles. The molecule has 0 saturated heterocycles. The second-order valence-electron chi connectivity index (χ2n) is 5.55. The Hall–Kier alpha value is -0.940. The normalized spacial score (nSPS) is 23.1. The van der Waals surface area contributed by atoms with E-state index in [-0.39, 0.29) is 0 Å². The zero-order valence-corrected chi connectivity index (χ0v) is 12.7. The van der Waals surface area contributed by atoms with E-state index >= 15 is 0 Å². The first-order valence-corrected chi connectivity index (χ1v) is 7.96. The van der Waals surface area contributed by atoms with Crippen molar-refractivity contribution in [3.63, 3.8) is 0 Å². The lowest BCUT2D eigenvalue weighted by atomic mass is 9.82. The van der Waals surface area contributed by atoms with Gasteiger partial charge in [0, 0.05) is 19.1 Å². The molecule has 0 bridgehead atoms. The van der Waals surface area contributed by atoms with Crippen LogP contribution in [0.2, 0.25) is 0 Å². The molecule has 2 atom stereocenters. The summed E-state index contributed by atoms with van der Waals surface area (Å²) in [7, 11) is 0. The monoisotopic (exact) mass is 281 g/mol. The highest BCUT2D eigenvalue weighted by atomic mass is 16.5. The van der Waals surface area contributed by atoms with Gasteiger partial charge in [-0.3, -0.25) is 0 Å². The molecule has 1 aromatic rings. The van der Waals surface area contributed by atoms with E-state index in [0.717, 1.165) is 18.9 Å². The van der Waals surface area contributed by atoms with Gasteiger partial charge in [0.05, 0.1) is 0 Å². The summed E-state index contributed by atoms with van der Waals surface area (Å²) in [6.45, 7) is 6.40. The highest BCUT2D eigenvalue weighted by Crippen LogP contribution is 2.27. The standard InChI is InChI=1S/C15H27N3O2/c1-3-9-16-13-8-6-5-7-12(13)10-15-17-14(18-20-15)11-19-4-2/h12-13,16H,3-11H2,1-2H3. The predicted molar refractivity (Wildman–Crippen MR) is 77.4 cm³/mol. The fraction of sp³-hybridized carbons (Fsp3) is 0.867. The fourth-order valence-electron chi connectivity index (χ4n) is 2.90. The maximum absolute atomic E-state index is 5.35. The van der Waals surface area contributed by atoms with Crippen molar-refractivity contribution in [2.45, 2.75) is 65.0 Å². The van der Waals surface area contributed by atoms with Gasteiger partial charge in [-0.15, -0.1) is 0 Å². The SMILES string of the molecule is CCCNC1CCCCC1Cc1nc(COCC)no1. The first-order chi connectivity index (χ1) is 9.83. The minimum atomic E-state index is 0.447. The topological polar surface area (TPSA) is 60.2 Å². The molecule has 1 N–H and O–H groups in total. The number of aromatic nitrogens is 2. The van der Waals surface area contributed by atoms with Crippen molar-refractivity contribution >= 4 is 0 Å². The van der Waals surface area contributed by atoms with E-state index in [2.05, 4.69) is 22.4 Å². The molecule has 20 heavy (non-hydrogen) atoms. The van der Waals surface area contributed by atoms with Crippen molar-refractivity contribution in [2.75, 3.05) is 13.2 Å². The quantitative estimate of drug-likeness (QED) is 0.794. The van der Waals surface area contributed by atoms with Crippen LogP contribution in [0.25, 0.3) is 0 Å². The van der Waals surface area contributed by atoms with Crippen LogP contribution >= 0.6 is 0 Å². The summed E-state index contributed by atoms with van der Waals surface area (Å²) in [5, 5.41) is 7.64. The first-order valence-electron chi connectivity index (χ1n) is 7.96. The summed E-state index contributed by atoms with van der Waals surface area (Å²) < 4.78 is 10.6. The van der Waals surface area contributed by atoms with E-state index in [0.29, 0.717) is 31.0 Å². The number of hydrogen-bond donors (Lipinski definition) is 1. The van der Waals surface area contributed by atoms with Crippen LogP contribution in [0.15, 0.2) is 4.52 Å². The van der Waals surface area contributed by atoms with Gasteiger partial charge in [-0.1, -0.05) is 24.9 Å². The molecule has 5 heteroatoms. The molecule has 0 spiro atoms. The van der Waals surface area contributed by atoms with Gasteiger partial charge < -0.3 is 14.6 Å². The third-order valence-corrected chi connectivity index (χ3v) is 3.95. The molecule has 5 nitrogen and oxygen atoms in total. The Balaban J connectivity index is 1.87. The Morgan fingerprint density at radius 2 is 2.15 bits per heavy atom. The van der Waals surface area contributed by atoms with Crippen molar-refractivity contribution in [3.05, 3.63) is 11.7 Å². The van der Waals surface area contributed by atoms with Crippen molar-refractivity contribution in [3.8, 4) is 0 Å². The number of ether oxygens (including phenoxy) is 1. The maximum Gasteiger partial charge on any atom is 0.227 e. The molecule has 114 valence electrons. The predicted octanol–water partition coefficient (Wildman–Crippen LogP) is 2.71. The number of hydrogen-bond acceptors (Lipinski definition) is 5. The summed E-state index contributed by atoms with van der Waals surface area (Å²) in [5.74, 6) is 2.04. The summed E-state index contributed by atoms with van der Waals surface area (Å²) in [5.41, 5.74) is 0. The molecule has 2 unspecified atom stereocenters. The third kappa shape index (κ3) is 4.56. The molecular formula is C15H27N3O2. The van der Waals surface area contributed by atoms with Crippen LogP contribution in [-0.4, -0.2) is 29.3 Å². The van der Waals surface area contributed by atoms with Gasteiger partial charge in [0.15, 0.2) is 5.82 Å². The number of nitrogens with zero attached hydrogens (tertiary/aromatic N) is 2. The average Bonchev–Trinajstić information content (AvgIpc) is 2.92. The molecule has 0 aromatic carbocycles. The van der Waals surface area contributed by atoms with Gasteiger partial charge in [-0.25, -0.2) is 0 Å². The Kier molecular flexibility index (Phi) is 6.47. The second kappa shape index (κ2) is 8.37. The fourth-order valence-corrected chi connectivity index (χ4v) is 2.90. The second-order valence-corrected chi connectivity index (χ2v) is 5.55. The number of rotatable bonds is 8. The van der Waals surface area contributed by atoms with Gasteiger partial charge in [-0.2, -0.15) is 4.98 Å². The molecule has 1 fully saturated rings. The van der Waals surface area contributed by atoms with Crippen molar-refractivity contribution in [1.29, 1.82) is 0 Å². The van der Waals surface area contributed by atoms with Crippen LogP contribution in [0.3, 0.4) is 0 Å². The molecule has 0 radical (unpaired) electrons. The number of nitrogens with one attached hydrogen (secondary N) is 1. The van der Waals surface area contributed by atoms with Gasteiger partial charge in [0.1, 0.15) is 6.61 Å². The minimum Gasteiger partial charge on any atom is -0.374 e. The maximum atomic E-state index is 5.35. The first kappa shape index (κ1) is 15.4. The molecule has 1 heterocycles. The lowest BCUT2D eigenvalue weighted by molar-refractivity contribution is 0.126. The largest absolute Gasteiger partial charge is 0.374 e. The smallest absolute Gasteiger partial charge is 0.227 e. The highest BCUT2D eigenvalue weighted by Gasteiger charge is 2.26. The Labute approximate surface area is 121 Å². The minimum absolute atomic E-state index is 0.447. The van der Waals surface area contributed by atoms with E-state index in [1.54, 1.807) is 0 Å². The third-order valence-electron chi connectivity index (χ3n) is 3.95. The lowest BCUT2D eigenvalue weighted by Gasteiger charge is -2.31. The van der Waals surface area contributed by atoms with E-state index in [9.17, 15) is 0 Å². The zero-order valence-electron chi connectivity index (χ0n) is 12.7. The zero-order chi connectivity index (χ0) is 14.2. The van der Waals surface area contributed by atoms with E-state index < -0.39 is 0 Å². The van der Waals surface area contributed by atoms with Crippen LogP contribution in [0.1, 0.15) is 57.7 Å². The van der Waals surface area contributed by atoms with Crippen molar-refractivity contribution in [1.82, 2.24) is 15.5 Å². The Morgan fingerprint density at radius 3 is 2.95 bits per heavy atom. The molecule has 2 rings (SSSR count). The van der Waals surface area contributed by atoms with E-state index in [1.165, 1.54) is 32.1 Å². The molecular weight excluding hydrogens is 254 g/mol. The lowest BCUT2D eigenvalue weighted by Crippen LogP contribution is -2.39. The van der Waals surface area contributed by atoms with Gasteiger partial charge in [-0.05, 0) is 38.6 Å². The van der Waals surface area contributed by atoms with Gasteiger partial charge in [0.25, 0.3) is 0 Å². The van der Waals surface area contributed by atoms with Crippen LogP contribution in [0, 0.1) is 5.92 Å². The van der Waals surface area contributed by atoms with Gasteiger partial charge in [0.2, 0.25) is 5.89 Å². The molecule has 1 aliphatic rings. The van der Waals surface area contributed by atoms with E-state index in [1.807, 2.05) is 6.92 Å². The Morgan fingerprint density at radius 1 is 1.30 bits per heavy atom. The summed E-state index contributed by atoms with van der Waals surface area (Å²) in [6.07, 6.45) is 7.24. The highest BCUT2D eigenvalue weighted by molar-refractivity contribution is 4.91. The van der Waals surface area contributed by atoms with Crippen LogP contribution in [0.5, 0.6) is 0 Å². The van der Waals surface area contributed by atoms with Crippen molar-refractivity contribution in [2.24, 2.45) is 5.92 Å². The van der Waals surface area contributed by atoms with Crippen LogP contribution in [0.4, 0.5) is 0 Å². The molecule has 1 saturated carbocycles. The molecule has 0 aliphatic heterocycles. The van der Waals surface area contributed by atoms with Crippen LogP contribution < -0.4 is 5.32 Å². The Bertz CT molecular complexity index is 381. The van der Waals surface area contributed by atoms with Gasteiger partial charge >= 0.3 is 0 Å². The summed E-state index contributed by atoms with van der Waals surface area (Å²) >= 11 is 0. The summed E-state index contributed by atoms with van der Waals surface area (Å²) in [4.78, 5) is 4.43.